The monoisotopic (exact) mass is 242 g/mol. The smallest absolute Gasteiger partial charge is 0.205 e. The maximum absolute atomic E-state index is 4.59. The predicted molar refractivity (Wildman–Crippen MR) is 70.4 cm³/mol. The Bertz CT molecular complexity index is 298. The van der Waals surface area contributed by atoms with Crippen LogP contribution < -0.4 is 10.2 Å². The predicted octanol–water partition coefficient (Wildman–Crippen LogP) is 2.10. The second kappa shape index (κ2) is 6.81. The second-order valence-electron chi connectivity index (χ2n) is 4.18. The first-order chi connectivity index (χ1) is 7.69. The highest BCUT2D eigenvalue weighted by Crippen LogP contribution is 2.21. The van der Waals surface area contributed by atoms with Gasteiger partial charge in [-0.2, -0.15) is 4.37 Å². The lowest BCUT2D eigenvalue weighted by molar-refractivity contribution is 0.703. The van der Waals surface area contributed by atoms with Crippen LogP contribution in [0.4, 0.5) is 5.13 Å². The Balaban J connectivity index is 2.67. The van der Waals surface area contributed by atoms with E-state index >= 15 is 0 Å². The summed E-state index contributed by atoms with van der Waals surface area (Å²) < 4.78 is 4.40. The molecule has 1 N–H and O–H groups in total. The molecule has 92 valence electrons. The first kappa shape index (κ1) is 13.4. The lowest BCUT2D eigenvalue weighted by Gasteiger charge is -2.20. The largest absolute Gasteiger partial charge is 0.346 e. The molecule has 1 aromatic heterocycles. The maximum atomic E-state index is 4.59. The lowest BCUT2D eigenvalue weighted by atomic mass is 10.2. The fraction of sp³-hybridized carbons (Fsp3) is 0.818. The van der Waals surface area contributed by atoms with Gasteiger partial charge in [0.2, 0.25) is 5.13 Å². The highest BCUT2D eigenvalue weighted by atomic mass is 32.1. The van der Waals surface area contributed by atoms with E-state index in [0.29, 0.717) is 5.92 Å². The van der Waals surface area contributed by atoms with Gasteiger partial charge in [0.05, 0.1) is 0 Å². The van der Waals surface area contributed by atoms with Crippen LogP contribution in [0.15, 0.2) is 0 Å². The number of anilines is 1. The average molecular weight is 242 g/mol. The Morgan fingerprint density at radius 1 is 1.38 bits per heavy atom. The number of nitrogens with one attached hydrogen (secondary N) is 1. The molecule has 0 amide bonds. The number of rotatable bonds is 7. The van der Waals surface area contributed by atoms with E-state index in [2.05, 4.69) is 40.3 Å². The van der Waals surface area contributed by atoms with Crippen LogP contribution in [-0.4, -0.2) is 36.0 Å². The van der Waals surface area contributed by atoms with E-state index in [-0.39, 0.29) is 0 Å². The van der Waals surface area contributed by atoms with Crippen molar-refractivity contribution in [3.8, 4) is 0 Å². The van der Waals surface area contributed by atoms with Crippen LogP contribution in [0.5, 0.6) is 0 Å². The van der Waals surface area contributed by atoms with Crippen LogP contribution in [0, 0.1) is 0 Å². The van der Waals surface area contributed by atoms with Gasteiger partial charge >= 0.3 is 0 Å². The summed E-state index contributed by atoms with van der Waals surface area (Å²) in [5.41, 5.74) is 0. The van der Waals surface area contributed by atoms with E-state index < -0.39 is 0 Å². The minimum Gasteiger partial charge on any atom is -0.346 e. The number of hydrogen-bond acceptors (Lipinski definition) is 5. The van der Waals surface area contributed by atoms with Crippen LogP contribution >= 0.6 is 11.5 Å². The summed E-state index contributed by atoms with van der Waals surface area (Å²) in [5, 5.41) is 4.23. The van der Waals surface area contributed by atoms with Gasteiger partial charge in [0.15, 0.2) is 0 Å². The molecule has 0 spiro atoms. The maximum Gasteiger partial charge on any atom is 0.205 e. The van der Waals surface area contributed by atoms with Crippen molar-refractivity contribution < 1.29 is 0 Å². The van der Waals surface area contributed by atoms with Gasteiger partial charge in [0.25, 0.3) is 0 Å². The summed E-state index contributed by atoms with van der Waals surface area (Å²) in [7, 11) is 1.98. The number of hydrogen-bond donors (Lipinski definition) is 1. The summed E-state index contributed by atoms with van der Waals surface area (Å²) in [6.07, 6.45) is 1.14. The lowest BCUT2D eigenvalue weighted by Crippen LogP contribution is -2.31. The van der Waals surface area contributed by atoms with E-state index in [4.69, 9.17) is 0 Å². The molecular weight excluding hydrogens is 220 g/mol. The summed E-state index contributed by atoms with van der Waals surface area (Å²) in [6, 6.07) is 0. The Morgan fingerprint density at radius 3 is 2.62 bits per heavy atom. The van der Waals surface area contributed by atoms with Crippen molar-refractivity contribution in [2.75, 3.05) is 31.6 Å². The molecule has 0 atom stereocenters. The van der Waals surface area contributed by atoms with Crippen molar-refractivity contribution in [3.63, 3.8) is 0 Å². The molecule has 1 rings (SSSR count). The number of nitrogens with zero attached hydrogens (tertiary/aromatic N) is 3. The molecule has 1 aromatic rings. The average Bonchev–Trinajstić information content (AvgIpc) is 2.73. The molecule has 0 aliphatic rings. The molecule has 5 heteroatoms. The fourth-order valence-corrected chi connectivity index (χ4v) is 2.27. The standard InChI is InChI=1S/C11H22N4S/c1-5-7-15(8-6-12-4)11-13-10(9(2)3)14-16-11/h9,12H,5-8H2,1-4H3. The van der Waals surface area contributed by atoms with Crippen molar-refractivity contribution in [1.82, 2.24) is 14.7 Å². The van der Waals surface area contributed by atoms with Gasteiger partial charge in [-0.1, -0.05) is 20.8 Å². The molecule has 16 heavy (non-hydrogen) atoms. The van der Waals surface area contributed by atoms with Gasteiger partial charge in [-0.25, -0.2) is 4.98 Å². The van der Waals surface area contributed by atoms with Gasteiger partial charge in [-0.05, 0) is 13.5 Å². The zero-order chi connectivity index (χ0) is 12.0. The van der Waals surface area contributed by atoms with Crippen molar-refractivity contribution >= 4 is 16.7 Å². The summed E-state index contributed by atoms with van der Waals surface area (Å²) in [6.45, 7) is 9.48. The highest BCUT2D eigenvalue weighted by Gasteiger charge is 2.12. The Labute approximate surface area is 102 Å². The Kier molecular flexibility index (Phi) is 5.69. The molecule has 4 nitrogen and oxygen atoms in total. The van der Waals surface area contributed by atoms with Crippen molar-refractivity contribution in [2.45, 2.75) is 33.1 Å². The van der Waals surface area contributed by atoms with Crippen LogP contribution in [0.1, 0.15) is 38.9 Å². The first-order valence-corrected chi connectivity index (χ1v) is 6.69. The molecule has 0 radical (unpaired) electrons. The van der Waals surface area contributed by atoms with Gasteiger partial charge in [-0.3, -0.25) is 0 Å². The van der Waals surface area contributed by atoms with E-state index in [0.717, 1.165) is 37.0 Å². The zero-order valence-electron chi connectivity index (χ0n) is 10.7. The molecule has 1 heterocycles. The number of likely N-dealkylation sites (N-methyl/N-ethyl adjacent to an activating group) is 1. The molecular formula is C11H22N4S. The minimum atomic E-state index is 0.415. The van der Waals surface area contributed by atoms with Crippen LogP contribution in [0.2, 0.25) is 0 Å². The Morgan fingerprint density at radius 2 is 2.12 bits per heavy atom. The second-order valence-corrected chi connectivity index (χ2v) is 4.91. The third-order valence-electron chi connectivity index (χ3n) is 2.34. The molecule has 0 unspecified atom stereocenters. The summed E-state index contributed by atoms with van der Waals surface area (Å²) >= 11 is 1.51. The highest BCUT2D eigenvalue weighted by molar-refractivity contribution is 7.09. The molecule has 0 saturated carbocycles. The van der Waals surface area contributed by atoms with E-state index in [1.165, 1.54) is 11.5 Å². The minimum absolute atomic E-state index is 0.415. The molecule has 0 aliphatic carbocycles. The Hall–Kier alpha value is -0.680. The van der Waals surface area contributed by atoms with E-state index in [1.54, 1.807) is 0 Å². The van der Waals surface area contributed by atoms with Crippen LogP contribution in [0.25, 0.3) is 0 Å². The van der Waals surface area contributed by atoms with Gasteiger partial charge in [0, 0.05) is 37.1 Å². The number of aromatic nitrogens is 2. The van der Waals surface area contributed by atoms with E-state index in [1.807, 2.05) is 7.05 Å². The quantitative estimate of drug-likeness (QED) is 0.795. The van der Waals surface area contributed by atoms with Crippen molar-refractivity contribution in [1.29, 1.82) is 0 Å². The van der Waals surface area contributed by atoms with Gasteiger partial charge < -0.3 is 10.2 Å². The molecule has 0 bridgehead atoms. The van der Waals surface area contributed by atoms with Gasteiger partial charge in [0.1, 0.15) is 5.82 Å². The summed E-state index contributed by atoms with van der Waals surface area (Å²) in [4.78, 5) is 6.89. The van der Waals surface area contributed by atoms with Crippen LogP contribution in [0.3, 0.4) is 0 Å². The first-order valence-electron chi connectivity index (χ1n) is 5.92. The third-order valence-corrected chi connectivity index (χ3v) is 3.13. The molecule has 0 aliphatic heterocycles. The van der Waals surface area contributed by atoms with E-state index in [9.17, 15) is 0 Å². The fourth-order valence-electron chi connectivity index (χ4n) is 1.41. The van der Waals surface area contributed by atoms with Crippen molar-refractivity contribution in [3.05, 3.63) is 5.82 Å². The van der Waals surface area contributed by atoms with Crippen molar-refractivity contribution in [2.24, 2.45) is 0 Å². The molecule has 0 fully saturated rings. The topological polar surface area (TPSA) is 41.0 Å². The van der Waals surface area contributed by atoms with Crippen LogP contribution in [-0.2, 0) is 0 Å². The summed E-state index contributed by atoms with van der Waals surface area (Å²) in [5.74, 6) is 1.38. The normalized spacial score (nSPS) is 11.1. The SMILES string of the molecule is CCCN(CCNC)c1nc(C(C)C)ns1. The molecule has 0 saturated heterocycles. The molecule has 0 aromatic carbocycles. The third kappa shape index (κ3) is 3.72. The van der Waals surface area contributed by atoms with Gasteiger partial charge in [-0.15, -0.1) is 0 Å². The zero-order valence-corrected chi connectivity index (χ0v) is 11.5.